The van der Waals surface area contributed by atoms with Crippen molar-refractivity contribution in [1.82, 2.24) is 9.88 Å². The maximum absolute atomic E-state index is 13.0. The zero-order valence-corrected chi connectivity index (χ0v) is 16.1. The number of aromatic nitrogens is 1. The largest absolute Gasteiger partial charge is 0.493 e. The highest BCUT2D eigenvalue weighted by molar-refractivity contribution is 5.94. The zero-order chi connectivity index (χ0) is 19.5. The molecule has 2 aliphatic heterocycles. The van der Waals surface area contributed by atoms with Gasteiger partial charge in [0.2, 0.25) is 5.88 Å². The van der Waals surface area contributed by atoms with E-state index in [1.807, 2.05) is 17.0 Å². The van der Waals surface area contributed by atoms with Crippen molar-refractivity contribution < 1.29 is 23.7 Å². The summed E-state index contributed by atoms with van der Waals surface area (Å²) in [6, 6.07) is 7.39. The third-order valence-electron chi connectivity index (χ3n) is 5.16. The minimum Gasteiger partial charge on any atom is -0.493 e. The minimum absolute atomic E-state index is 0.00200. The lowest BCUT2D eigenvalue weighted by molar-refractivity contribution is 0.0733. The molecule has 0 aliphatic carbocycles. The molecule has 4 rings (SSSR count). The summed E-state index contributed by atoms with van der Waals surface area (Å²) < 4.78 is 21.9. The lowest BCUT2D eigenvalue weighted by Gasteiger charge is -2.29. The Kier molecular flexibility index (Phi) is 5.34. The molecule has 1 saturated heterocycles. The molecule has 7 heteroatoms. The fourth-order valence-corrected chi connectivity index (χ4v) is 3.62. The van der Waals surface area contributed by atoms with E-state index in [0.717, 1.165) is 18.4 Å². The average molecular weight is 384 g/mol. The molecule has 0 radical (unpaired) electrons. The van der Waals surface area contributed by atoms with Gasteiger partial charge in [0, 0.05) is 37.3 Å². The number of amides is 1. The van der Waals surface area contributed by atoms with Gasteiger partial charge >= 0.3 is 0 Å². The highest BCUT2D eigenvalue weighted by Gasteiger charge is 2.25. The zero-order valence-electron chi connectivity index (χ0n) is 16.1. The Hall–Kier alpha value is -2.80. The minimum atomic E-state index is -0.0321. The predicted octanol–water partition coefficient (Wildman–Crippen LogP) is 2.47. The Morgan fingerprint density at radius 1 is 1.18 bits per heavy atom. The van der Waals surface area contributed by atoms with Crippen LogP contribution < -0.4 is 14.2 Å². The number of carbonyl (C=O) groups is 1. The summed E-state index contributed by atoms with van der Waals surface area (Å²) in [4.78, 5) is 19.1. The number of nitrogens with zero attached hydrogens (tertiary/aromatic N) is 2. The van der Waals surface area contributed by atoms with Gasteiger partial charge in [-0.2, -0.15) is 0 Å². The SMILES string of the molecule is COc1cc2c(cc1OC)CN(C(=O)c1ccnc(O[C@H]3CCOC3)c1)CC2. The molecule has 148 valence electrons. The summed E-state index contributed by atoms with van der Waals surface area (Å²) in [6.07, 6.45) is 3.23. The van der Waals surface area contributed by atoms with Gasteiger partial charge in [-0.15, -0.1) is 0 Å². The Balaban J connectivity index is 1.50. The summed E-state index contributed by atoms with van der Waals surface area (Å²) >= 11 is 0. The van der Waals surface area contributed by atoms with E-state index in [4.69, 9.17) is 18.9 Å². The van der Waals surface area contributed by atoms with E-state index in [0.29, 0.717) is 49.2 Å². The molecule has 1 atom stereocenters. The lowest BCUT2D eigenvalue weighted by Crippen LogP contribution is -2.36. The quantitative estimate of drug-likeness (QED) is 0.789. The first-order valence-corrected chi connectivity index (χ1v) is 9.41. The van der Waals surface area contributed by atoms with Crippen molar-refractivity contribution in [2.24, 2.45) is 0 Å². The van der Waals surface area contributed by atoms with Gasteiger partial charge in [-0.25, -0.2) is 4.98 Å². The van der Waals surface area contributed by atoms with Crippen LogP contribution in [-0.4, -0.2) is 55.9 Å². The molecule has 0 saturated carbocycles. The first-order chi connectivity index (χ1) is 13.7. The van der Waals surface area contributed by atoms with Gasteiger partial charge in [0.25, 0.3) is 5.91 Å². The van der Waals surface area contributed by atoms with E-state index < -0.39 is 0 Å². The Morgan fingerprint density at radius 3 is 2.68 bits per heavy atom. The summed E-state index contributed by atoms with van der Waals surface area (Å²) in [5.41, 5.74) is 2.83. The number of rotatable bonds is 5. The average Bonchev–Trinajstić information content (AvgIpc) is 3.25. The van der Waals surface area contributed by atoms with Gasteiger partial charge in [-0.05, 0) is 35.7 Å². The van der Waals surface area contributed by atoms with Gasteiger partial charge < -0.3 is 23.8 Å². The molecular weight excluding hydrogens is 360 g/mol. The highest BCUT2D eigenvalue weighted by Crippen LogP contribution is 2.33. The maximum atomic E-state index is 13.0. The molecule has 1 fully saturated rings. The number of pyridine rings is 1. The van der Waals surface area contributed by atoms with Crippen LogP contribution >= 0.6 is 0 Å². The number of methoxy groups -OCH3 is 2. The van der Waals surface area contributed by atoms with Crippen molar-refractivity contribution in [2.75, 3.05) is 34.0 Å². The normalized spacial score (nSPS) is 18.5. The molecule has 2 aliphatic rings. The molecule has 0 N–H and O–H groups in total. The monoisotopic (exact) mass is 384 g/mol. The Labute approximate surface area is 164 Å². The first kappa shape index (κ1) is 18.6. The molecule has 28 heavy (non-hydrogen) atoms. The number of benzene rings is 1. The topological polar surface area (TPSA) is 70.1 Å². The van der Waals surface area contributed by atoms with Gasteiger partial charge in [-0.1, -0.05) is 0 Å². The van der Waals surface area contributed by atoms with E-state index >= 15 is 0 Å². The summed E-state index contributed by atoms with van der Waals surface area (Å²) in [5.74, 6) is 1.82. The summed E-state index contributed by atoms with van der Waals surface area (Å²) in [6.45, 7) is 2.44. The van der Waals surface area contributed by atoms with Crippen LogP contribution in [0.25, 0.3) is 0 Å². The van der Waals surface area contributed by atoms with E-state index in [9.17, 15) is 4.79 Å². The molecule has 1 aromatic carbocycles. The number of ether oxygens (including phenoxy) is 4. The van der Waals surface area contributed by atoms with Crippen molar-refractivity contribution in [3.8, 4) is 17.4 Å². The fraction of sp³-hybridized carbons (Fsp3) is 0.429. The van der Waals surface area contributed by atoms with Crippen molar-refractivity contribution >= 4 is 5.91 Å². The van der Waals surface area contributed by atoms with Crippen molar-refractivity contribution in [3.05, 3.63) is 47.2 Å². The second-order valence-electron chi connectivity index (χ2n) is 6.94. The van der Waals surface area contributed by atoms with Crippen LogP contribution in [0.2, 0.25) is 0 Å². The summed E-state index contributed by atoms with van der Waals surface area (Å²) in [5, 5.41) is 0. The molecule has 3 heterocycles. The molecule has 2 aromatic rings. The highest BCUT2D eigenvalue weighted by atomic mass is 16.5. The van der Waals surface area contributed by atoms with Gasteiger partial charge in [-0.3, -0.25) is 4.79 Å². The van der Waals surface area contributed by atoms with E-state index in [1.54, 1.807) is 32.5 Å². The van der Waals surface area contributed by atoms with Crippen molar-refractivity contribution in [2.45, 2.75) is 25.5 Å². The molecule has 0 bridgehead atoms. The van der Waals surface area contributed by atoms with Gasteiger partial charge in [0.1, 0.15) is 6.10 Å². The summed E-state index contributed by atoms with van der Waals surface area (Å²) in [7, 11) is 3.24. The van der Waals surface area contributed by atoms with Crippen LogP contribution in [0.1, 0.15) is 27.9 Å². The molecule has 0 unspecified atom stereocenters. The fourth-order valence-electron chi connectivity index (χ4n) is 3.62. The van der Waals surface area contributed by atoms with Crippen LogP contribution in [0.4, 0.5) is 0 Å². The van der Waals surface area contributed by atoms with E-state index in [2.05, 4.69) is 4.98 Å². The number of hydrogen-bond donors (Lipinski definition) is 0. The number of hydrogen-bond acceptors (Lipinski definition) is 6. The third-order valence-corrected chi connectivity index (χ3v) is 5.16. The standard InChI is InChI=1S/C21H24N2O5/c1-25-18-9-14-4-7-23(12-16(14)10-19(18)26-2)21(24)15-3-6-22-20(11-15)28-17-5-8-27-13-17/h3,6,9-11,17H,4-5,7-8,12-13H2,1-2H3/t17-/m0/s1. The van der Waals surface area contributed by atoms with Crippen molar-refractivity contribution in [1.29, 1.82) is 0 Å². The predicted molar refractivity (Wildman–Crippen MR) is 102 cm³/mol. The number of carbonyl (C=O) groups excluding carboxylic acids is 1. The van der Waals surface area contributed by atoms with E-state index in [-0.39, 0.29) is 12.0 Å². The maximum Gasteiger partial charge on any atom is 0.254 e. The van der Waals surface area contributed by atoms with Crippen LogP contribution in [-0.2, 0) is 17.7 Å². The van der Waals surface area contributed by atoms with E-state index in [1.165, 1.54) is 5.56 Å². The lowest BCUT2D eigenvalue weighted by atomic mass is 9.98. The van der Waals surface area contributed by atoms with Gasteiger partial charge in [0.15, 0.2) is 11.5 Å². The molecule has 0 spiro atoms. The smallest absolute Gasteiger partial charge is 0.254 e. The molecule has 1 aromatic heterocycles. The third kappa shape index (κ3) is 3.75. The second kappa shape index (κ2) is 8.06. The Bertz CT molecular complexity index is 864. The molecular formula is C21H24N2O5. The molecule has 7 nitrogen and oxygen atoms in total. The second-order valence-corrected chi connectivity index (χ2v) is 6.94. The van der Waals surface area contributed by atoms with Crippen LogP contribution in [0, 0.1) is 0 Å². The van der Waals surface area contributed by atoms with Crippen LogP contribution in [0.3, 0.4) is 0 Å². The first-order valence-electron chi connectivity index (χ1n) is 9.41. The molecule has 1 amide bonds. The number of fused-ring (bicyclic) bond motifs is 1. The van der Waals surface area contributed by atoms with Crippen molar-refractivity contribution in [3.63, 3.8) is 0 Å². The van der Waals surface area contributed by atoms with Gasteiger partial charge in [0.05, 0.1) is 27.4 Å². The van der Waals surface area contributed by atoms with Crippen LogP contribution in [0.5, 0.6) is 17.4 Å². The Morgan fingerprint density at radius 2 is 1.96 bits per heavy atom. The van der Waals surface area contributed by atoms with Crippen LogP contribution in [0.15, 0.2) is 30.5 Å².